The topological polar surface area (TPSA) is 17.1 Å². The maximum absolute atomic E-state index is 12.1. The highest BCUT2D eigenvalue weighted by Crippen LogP contribution is 2.24. The monoisotopic (exact) mass is 234 g/mol. The van der Waals surface area contributed by atoms with E-state index in [1.165, 1.54) is 11.3 Å². The van der Waals surface area contributed by atoms with Crippen molar-refractivity contribution >= 4 is 28.9 Å². The van der Waals surface area contributed by atoms with Gasteiger partial charge >= 0.3 is 0 Å². The van der Waals surface area contributed by atoms with Gasteiger partial charge in [-0.1, -0.05) is 18.2 Å². The minimum Gasteiger partial charge on any atom is -0.288 e. The Bertz CT molecular complexity index is 460. The summed E-state index contributed by atoms with van der Waals surface area (Å²) in [6, 6.07) is 11.5. The molecule has 0 aliphatic heterocycles. The summed E-state index contributed by atoms with van der Waals surface area (Å²) in [5, 5.41) is 1.93. The molecule has 76 valence electrons. The SMILES string of the molecule is CSc1ccccc1C(=O)c1cccs1. The van der Waals surface area contributed by atoms with Gasteiger partial charge in [-0.3, -0.25) is 4.79 Å². The molecular weight excluding hydrogens is 224 g/mol. The van der Waals surface area contributed by atoms with Gasteiger partial charge in [0.15, 0.2) is 0 Å². The zero-order chi connectivity index (χ0) is 10.7. The second kappa shape index (κ2) is 4.64. The first-order valence-electron chi connectivity index (χ1n) is 4.54. The normalized spacial score (nSPS) is 10.2. The Hall–Kier alpha value is -1.06. The summed E-state index contributed by atoms with van der Waals surface area (Å²) in [7, 11) is 0. The molecule has 0 bridgehead atoms. The first kappa shape index (κ1) is 10.5. The molecule has 0 N–H and O–H groups in total. The molecule has 2 rings (SSSR count). The van der Waals surface area contributed by atoms with Crippen LogP contribution in [0.15, 0.2) is 46.7 Å². The molecule has 1 nitrogen and oxygen atoms in total. The van der Waals surface area contributed by atoms with E-state index < -0.39 is 0 Å². The van der Waals surface area contributed by atoms with Gasteiger partial charge in [0, 0.05) is 10.5 Å². The molecule has 0 saturated carbocycles. The maximum Gasteiger partial charge on any atom is 0.204 e. The first-order valence-corrected chi connectivity index (χ1v) is 6.64. The third kappa shape index (κ3) is 2.13. The van der Waals surface area contributed by atoms with E-state index in [1.807, 2.05) is 48.0 Å². The van der Waals surface area contributed by atoms with Gasteiger partial charge in [0.25, 0.3) is 0 Å². The fraction of sp³-hybridized carbons (Fsp3) is 0.0833. The van der Waals surface area contributed by atoms with Crippen LogP contribution >= 0.6 is 23.1 Å². The lowest BCUT2D eigenvalue weighted by Gasteiger charge is -2.03. The Morgan fingerprint density at radius 2 is 2.00 bits per heavy atom. The Labute approximate surface area is 97.1 Å². The van der Waals surface area contributed by atoms with Crippen molar-refractivity contribution < 1.29 is 4.79 Å². The van der Waals surface area contributed by atoms with Crippen LogP contribution in [0.4, 0.5) is 0 Å². The van der Waals surface area contributed by atoms with Crippen LogP contribution in [0.5, 0.6) is 0 Å². The Balaban J connectivity index is 2.42. The van der Waals surface area contributed by atoms with E-state index in [4.69, 9.17) is 0 Å². The van der Waals surface area contributed by atoms with E-state index >= 15 is 0 Å². The molecule has 0 fully saturated rings. The highest BCUT2D eigenvalue weighted by Gasteiger charge is 2.12. The number of ketones is 1. The van der Waals surface area contributed by atoms with E-state index in [2.05, 4.69) is 0 Å². The quantitative estimate of drug-likeness (QED) is 0.595. The largest absolute Gasteiger partial charge is 0.288 e. The fourth-order valence-corrected chi connectivity index (χ4v) is 2.65. The van der Waals surface area contributed by atoms with Crippen LogP contribution in [-0.2, 0) is 0 Å². The lowest BCUT2D eigenvalue weighted by molar-refractivity contribution is 0.104. The van der Waals surface area contributed by atoms with Gasteiger partial charge in [-0.2, -0.15) is 0 Å². The molecule has 1 heterocycles. The van der Waals surface area contributed by atoms with E-state index in [9.17, 15) is 4.79 Å². The molecular formula is C12H10OS2. The molecule has 15 heavy (non-hydrogen) atoms. The number of carbonyl (C=O) groups is 1. The van der Waals surface area contributed by atoms with Crippen molar-refractivity contribution in [3.8, 4) is 0 Å². The third-order valence-electron chi connectivity index (χ3n) is 2.10. The predicted molar refractivity (Wildman–Crippen MR) is 66.0 cm³/mol. The fourth-order valence-electron chi connectivity index (χ4n) is 1.37. The van der Waals surface area contributed by atoms with Crippen LogP contribution < -0.4 is 0 Å². The number of thioether (sulfide) groups is 1. The van der Waals surface area contributed by atoms with Crippen LogP contribution in [0.3, 0.4) is 0 Å². The first-order chi connectivity index (χ1) is 7.33. The number of benzene rings is 1. The zero-order valence-corrected chi connectivity index (χ0v) is 9.90. The number of rotatable bonds is 3. The third-order valence-corrected chi connectivity index (χ3v) is 3.76. The average molecular weight is 234 g/mol. The second-order valence-electron chi connectivity index (χ2n) is 3.01. The zero-order valence-electron chi connectivity index (χ0n) is 8.27. The molecule has 0 spiro atoms. The van der Waals surface area contributed by atoms with E-state index in [-0.39, 0.29) is 5.78 Å². The molecule has 1 aromatic heterocycles. The van der Waals surface area contributed by atoms with Crippen molar-refractivity contribution in [2.75, 3.05) is 6.26 Å². The molecule has 0 radical (unpaired) electrons. The van der Waals surface area contributed by atoms with E-state index in [1.54, 1.807) is 11.8 Å². The lowest BCUT2D eigenvalue weighted by atomic mass is 10.1. The van der Waals surface area contributed by atoms with Gasteiger partial charge in [-0.05, 0) is 29.8 Å². The predicted octanol–water partition coefficient (Wildman–Crippen LogP) is 3.70. The summed E-state index contributed by atoms with van der Waals surface area (Å²) in [5.74, 6) is 0.120. The van der Waals surface area contributed by atoms with Crippen molar-refractivity contribution in [3.05, 3.63) is 52.2 Å². The van der Waals surface area contributed by atoms with Crippen molar-refractivity contribution in [3.63, 3.8) is 0 Å². The molecule has 0 aliphatic rings. The van der Waals surface area contributed by atoms with Gasteiger partial charge in [-0.15, -0.1) is 23.1 Å². The molecule has 0 atom stereocenters. The van der Waals surface area contributed by atoms with Crippen molar-refractivity contribution in [2.45, 2.75) is 4.90 Å². The van der Waals surface area contributed by atoms with Crippen LogP contribution in [-0.4, -0.2) is 12.0 Å². The summed E-state index contributed by atoms with van der Waals surface area (Å²) in [6.07, 6.45) is 1.99. The standard InChI is InChI=1S/C12H10OS2/c1-14-10-6-3-2-5-9(10)12(13)11-7-4-8-15-11/h2-8H,1H3. The second-order valence-corrected chi connectivity index (χ2v) is 4.80. The minimum absolute atomic E-state index is 0.120. The van der Waals surface area contributed by atoms with Crippen LogP contribution in [0.1, 0.15) is 15.2 Å². The highest BCUT2D eigenvalue weighted by atomic mass is 32.2. The Morgan fingerprint density at radius 1 is 1.20 bits per heavy atom. The maximum atomic E-state index is 12.1. The Morgan fingerprint density at radius 3 is 2.67 bits per heavy atom. The molecule has 0 amide bonds. The van der Waals surface area contributed by atoms with Crippen LogP contribution in [0.25, 0.3) is 0 Å². The molecule has 2 aromatic rings. The van der Waals surface area contributed by atoms with Crippen LogP contribution in [0.2, 0.25) is 0 Å². The summed E-state index contributed by atoms with van der Waals surface area (Å²) in [5.41, 5.74) is 0.799. The van der Waals surface area contributed by atoms with Crippen LogP contribution in [0, 0.1) is 0 Å². The summed E-state index contributed by atoms with van der Waals surface area (Å²) >= 11 is 3.09. The lowest BCUT2D eigenvalue weighted by Crippen LogP contribution is -2.00. The highest BCUT2D eigenvalue weighted by molar-refractivity contribution is 7.98. The minimum atomic E-state index is 0.120. The van der Waals surface area contributed by atoms with Crippen molar-refractivity contribution in [1.82, 2.24) is 0 Å². The molecule has 0 unspecified atom stereocenters. The van der Waals surface area contributed by atoms with E-state index in [0.29, 0.717) is 0 Å². The molecule has 0 saturated heterocycles. The Kier molecular flexibility index (Phi) is 3.23. The molecule has 3 heteroatoms. The summed E-state index contributed by atoms with van der Waals surface area (Å²) in [6.45, 7) is 0. The number of hydrogen-bond donors (Lipinski definition) is 0. The number of carbonyl (C=O) groups excluding carboxylic acids is 1. The van der Waals surface area contributed by atoms with Crippen molar-refractivity contribution in [2.24, 2.45) is 0 Å². The van der Waals surface area contributed by atoms with E-state index in [0.717, 1.165) is 15.3 Å². The van der Waals surface area contributed by atoms with Gasteiger partial charge in [0.2, 0.25) is 5.78 Å². The number of thiophene rings is 1. The molecule has 1 aromatic carbocycles. The van der Waals surface area contributed by atoms with Gasteiger partial charge in [0.05, 0.1) is 4.88 Å². The van der Waals surface area contributed by atoms with Gasteiger partial charge < -0.3 is 0 Å². The molecule has 0 aliphatic carbocycles. The summed E-state index contributed by atoms with van der Waals surface area (Å²) in [4.78, 5) is 13.9. The summed E-state index contributed by atoms with van der Waals surface area (Å²) < 4.78 is 0. The average Bonchev–Trinajstić information content (AvgIpc) is 2.81. The van der Waals surface area contributed by atoms with Gasteiger partial charge in [-0.25, -0.2) is 0 Å². The number of hydrogen-bond acceptors (Lipinski definition) is 3. The smallest absolute Gasteiger partial charge is 0.204 e. The van der Waals surface area contributed by atoms with Gasteiger partial charge in [0.1, 0.15) is 0 Å². The van der Waals surface area contributed by atoms with Crippen molar-refractivity contribution in [1.29, 1.82) is 0 Å².